The molecule has 7 nitrogen and oxygen atoms in total. The molecule has 0 unspecified atom stereocenters. The number of sulfonamides is 1. The summed E-state index contributed by atoms with van der Waals surface area (Å²) in [6, 6.07) is 23.7. The molecule has 0 bridgehead atoms. The van der Waals surface area contributed by atoms with Crippen molar-refractivity contribution in [1.29, 1.82) is 0 Å². The summed E-state index contributed by atoms with van der Waals surface area (Å²) >= 11 is 12.3. The van der Waals surface area contributed by atoms with E-state index in [9.17, 15) is 31.2 Å². The van der Waals surface area contributed by atoms with Crippen LogP contribution in [0.4, 0.5) is 18.9 Å². The van der Waals surface area contributed by atoms with Gasteiger partial charge in [0.05, 0.1) is 21.2 Å². The molecule has 1 N–H and O–H groups in total. The predicted octanol–water partition coefficient (Wildman–Crippen LogP) is 7.37. The maximum absolute atomic E-state index is 14.4. The molecule has 4 rings (SSSR count). The van der Waals surface area contributed by atoms with Crippen molar-refractivity contribution in [1.82, 2.24) is 10.2 Å². The van der Waals surface area contributed by atoms with Crippen LogP contribution in [0.1, 0.15) is 30.5 Å². The molecule has 0 aromatic heterocycles. The number of alkyl halides is 3. The Morgan fingerprint density at radius 3 is 2.02 bits per heavy atom. The normalized spacial score (nSPS) is 12.4. The van der Waals surface area contributed by atoms with E-state index < -0.39 is 56.9 Å². The van der Waals surface area contributed by atoms with Crippen molar-refractivity contribution in [2.75, 3.05) is 10.8 Å². The average Bonchev–Trinajstić information content (AvgIpc) is 3.02. The van der Waals surface area contributed by atoms with Crippen molar-refractivity contribution < 1.29 is 31.2 Å². The summed E-state index contributed by atoms with van der Waals surface area (Å²) in [5.74, 6) is -1.36. The highest BCUT2D eigenvalue weighted by atomic mass is 35.5. The van der Waals surface area contributed by atoms with Gasteiger partial charge in [-0.25, -0.2) is 8.42 Å². The fourth-order valence-corrected chi connectivity index (χ4v) is 6.73. The number of carbonyl (C=O) groups is 2. The Morgan fingerprint density at radius 1 is 0.830 bits per heavy atom. The van der Waals surface area contributed by atoms with Gasteiger partial charge in [0.25, 0.3) is 10.0 Å². The first-order valence-electron chi connectivity index (χ1n) is 14.5. The van der Waals surface area contributed by atoms with E-state index >= 15 is 0 Å². The second kappa shape index (κ2) is 15.2. The highest BCUT2D eigenvalue weighted by molar-refractivity contribution is 7.92. The van der Waals surface area contributed by atoms with Crippen LogP contribution < -0.4 is 9.62 Å². The summed E-state index contributed by atoms with van der Waals surface area (Å²) < 4.78 is 70.4. The monoisotopic (exact) mass is 705 g/mol. The van der Waals surface area contributed by atoms with E-state index in [0.717, 1.165) is 17.7 Å². The van der Waals surface area contributed by atoms with E-state index in [4.69, 9.17) is 23.2 Å². The minimum Gasteiger partial charge on any atom is -0.352 e. The van der Waals surface area contributed by atoms with Crippen LogP contribution in [0, 0.1) is 0 Å². The smallest absolute Gasteiger partial charge is 0.352 e. The Kier molecular flexibility index (Phi) is 11.6. The fraction of sp³-hybridized carbons (Fsp3) is 0.235. The molecule has 0 aliphatic rings. The third-order valence-electron chi connectivity index (χ3n) is 7.15. The molecule has 248 valence electrons. The molecule has 1 atom stereocenters. The minimum atomic E-state index is -4.91. The molecule has 0 saturated carbocycles. The van der Waals surface area contributed by atoms with Gasteiger partial charge < -0.3 is 10.2 Å². The van der Waals surface area contributed by atoms with Gasteiger partial charge in [-0.2, -0.15) is 13.2 Å². The van der Waals surface area contributed by atoms with Crippen LogP contribution in [-0.4, -0.2) is 43.8 Å². The molecule has 0 fully saturated rings. The van der Waals surface area contributed by atoms with E-state index in [1.807, 2.05) is 0 Å². The predicted molar refractivity (Wildman–Crippen MR) is 177 cm³/mol. The number of anilines is 1. The highest BCUT2D eigenvalue weighted by Crippen LogP contribution is 2.38. The van der Waals surface area contributed by atoms with Gasteiger partial charge in [0, 0.05) is 24.0 Å². The molecule has 0 aliphatic heterocycles. The molecule has 47 heavy (non-hydrogen) atoms. The zero-order valence-corrected chi connectivity index (χ0v) is 27.7. The third-order valence-corrected chi connectivity index (χ3v) is 9.64. The summed E-state index contributed by atoms with van der Waals surface area (Å²) in [6.45, 7) is 2.37. The van der Waals surface area contributed by atoms with Gasteiger partial charge in [-0.05, 0) is 61.4 Å². The first-order chi connectivity index (χ1) is 22.2. The van der Waals surface area contributed by atoms with Crippen LogP contribution in [0.2, 0.25) is 10.0 Å². The van der Waals surface area contributed by atoms with Crippen molar-refractivity contribution in [3.05, 3.63) is 130 Å². The molecule has 0 saturated heterocycles. The maximum Gasteiger partial charge on any atom is 0.417 e. The van der Waals surface area contributed by atoms with Crippen LogP contribution in [-0.2, 0) is 38.8 Å². The van der Waals surface area contributed by atoms with Crippen molar-refractivity contribution in [3.63, 3.8) is 0 Å². The summed E-state index contributed by atoms with van der Waals surface area (Å²) in [5.41, 5.74) is -0.526. The maximum atomic E-state index is 14.4. The number of amides is 2. The van der Waals surface area contributed by atoms with E-state index in [0.29, 0.717) is 21.0 Å². The molecule has 0 heterocycles. The number of rotatable bonds is 12. The Morgan fingerprint density at radius 2 is 1.43 bits per heavy atom. The first-order valence-corrected chi connectivity index (χ1v) is 16.7. The van der Waals surface area contributed by atoms with E-state index in [1.54, 1.807) is 74.5 Å². The summed E-state index contributed by atoms with van der Waals surface area (Å²) in [6.07, 6.45) is -4.86. The fourth-order valence-electron chi connectivity index (χ4n) is 4.88. The third kappa shape index (κ3) is 9.06. The molecule has 0 radical (unpaired) electrons. The topological polar surface area (TPSA) is 86.8 Å². The number of hydrogen-bond acceptors (Lipinski definition) is 4. The highest BCUT2D eigenvalue weighted by Gasteiger charge is 2.38. The zero-order chi connectivity index (χ0) is 34.4. The molecule has 4 aromatic carbocycles. The van der Waals surface area contributed by atoms with E-state index in [1.165, 1.54) is 29.2 Å². The zero-order valence-electron chi connectivity index (χ0n) is 25.4. The molecule has 4 aromatic rings. The van der Waals surface area contributed by atoms with Gasteiger partial charge in [0.1, 0.15) is 12.6 Å². The number of carbonyl (C=O) groups excluding carboxylic acids is 2. The minimum absolute atomic E-state index is 0.0557. The van der Waals surface area contributed by atoms with Gasteiger partial charge in [-0.3, -0.25) is 13.9 Å². The van der Waals surface area contributed by atoms with E-state index in [2.05, 4.69) is 5.32 Å². The van der Waals surface area contributed by atoms with Crippen LogP contribution in [0.3, 0.4) is 0 Å². The second-order valence-electron chi connectivity index (χ2n) is 11.0. The molecule has 0 spiro atoms. The quantitative estimate of drug-likeness (QED) is 0.167. The van der Waals surface area contributed by atoms with Gasteiger partial charge in [-0.15, -0.1) is 0 Å². The summed E-state index contributed by atoms with van der Waals surface area (Å²) in [5, 5.41) is 2.49. The number of halogens is 5. The largest absolute Gasteiger partial charge is 0.417 e. The number of benzene rings is 4. The Balaban J connectivity index is 1.87. The first kappa shape index (κ1) is 35.8. The molecular formula is C34H32Cl2F3N3O4S. The second-order valence-corrected chi connectivity index (χ2v) is 13.6. The lowest BCUT2D eigenvalue weighted by atomic mass is 10.0. The molecule has 2 amide bonds. The average molecular weight is 707 g/mol. The van der Waals surface area contributed by atoms with Crippen LogP contribution in [0.25, 0.3) is 0 Å². The van der Waals surface area contributed by atoms with Crippen molar-refractivity contribution in [2.45, 2.75) is 50.0 Å². The lowest BCUT2D eigenvalue weighted by Gasteiger charge is -2.34. The van der Waals surface area contributed by atoms with Gasteiger partial charge in [0.2, 0.25) is 11.8 Å². The standard InChI is InChI=1S/C34H32Cl2F3N3O4S/c1-23(2)40-33(44)31(19-24-11-5-3-6-12-24)41(21-25-13-9-10-16-29(25)35)32(43)22-42(47(45,46)27-14-7-4-8-15-27)26-17-18-30(36)28(20-26)34(37,38)39/h3-18,20,23,31H,19,21-22H2,1-2H3,(H,40,44)/t31-/m0/s1. The van der Waals surface area contributed by atoms with Gasteiger partial charge in [-0.1, -0.05) is 89.9 Å². The molecule has 0 aliphatic carbocycles. The Labute approximate surface area is 282 Å². The van der Waals surface area contributed by atoms with Crippen molar-refractivity contribution in [2.24, 2.45) is 0 Å². The van der Waals surface area contributed by atoms with Gasteiger partial charge >= 0.3 is 6.18 Å². The van der Waals surface area contributed by atoms with Crippen LogP contribution in [0.15, 0.2) is 108 Å². The number of nitrogens with zero attached hydrogens (tertiary/aromatic N) is 2. The van der Waals surface area contributed by atoms with E-state index in [-0.39, 0.29) is 23.9 Å². The summed E-state index contributed by atoms with van der Waals surface area (Å²) in [4.78, 5) is 29.1. The Bertz CT molecular complexity index is 1810. The number of hydrogen-bond donors (Lipinski definition) is 1. The Hall–Kier alpha value is -4.06. The van der Waals surface area contributed by atoms with Crippen molar-refractivity contribution in [3.8, 4) is 0 Å². The van der Waals surface area contributed by atoms with Crippen molar-refractivity contribution >= 4 is 50.7 Å². The lowest BCUT2D eigenvalue weighted by Crippen LogP contribution is -2.54. The number of nitrogens with one attached hydrogen (secondary N) is 1. The molecular weight excluding hydrogens is 674 g/mol. The lowest BCUT2D eigenvalue weighted by molar-refractivity contribution is -0.140. The molecule has 13 heteroatoms. The SMILES string of the molecule is CC(C)NC(=O)[C@H](Cc1ccccc1)N(Cc1ccccc1Cl)C(=O)CN(c1ccc(Cl)c(C(F)(F)F)c1)S(=O)(=O)c1ccccc1. The van der Waals surface area contributed by atoms with Gasteiger partial charge in [0.15, 0.2) is 0 Å². The van der Waals surface area contributed by atoms with Crippen LogP contribution in [0.5, 0.6) is 0 Å². The van der Waals surface area contributed by atoms with Crippen LogP contribution >= 0.6 is 23.2 Å². The summed E-state index contributed by atoms with van der Waals surface area (Å²) in [7, 11) is -4.61.